The number of halogens is 9. The number of carbonyl (C=O) groups excluding carboxylic acids is 1. The van der Waals surface area contributed by atoms with Crippen LogP contribution in [0.5, 0.6) is 0 Å². The van der Waals surface area contributed by atoms with Gasteiger partial charge in [-0.3, -0.25) is 0 Å². The van der Waals surface area contributed by atoms with E-state index >= 15 is 0 Å². The minimum Gasteiger partial charge on any atom is -0.436 e. The molecule has 1 saturated carbocycles. The third-order valence-electron chi connectivity index (χ3n) is 5.71. The molecule has 0 aliphatic heterocycles. The van der Waals surface area contributed by atoms with Gasteiger partial charge in [-0.25, -0.2) is 4.79 Å². The number of hydrogen-bond acceptors (Lipinski definition) is 5. The van der Waals surface area contributed by atoms with E-state index in [1.165, 1.54) is 6.92 Å². The molecule has 1 fully saturated rings. The molecule has 14 heteroatoms. The van der Waals surface area contributed by atoms with E-state index in [-0.39, 0.29) is 13.0 Å². The highest BCUT2D eigenvalue weighted by Gasteiger charge is 2.78. The predicted octanol–water partition coefficient (Wildman–Crippen LogP) is 5.47. The van der Waals surface area contributed by atoms with Crippen LogP contribution in [0, 0.1) is 11.8 Å². The summed E-state index contributed by atoms with van der Waals surface area (Å²) in [5, 5.41) is 10.3. The molecule has 1 aliphatic carbocycles. The van der Waals surface area contributed by atoms with Crippen LogP contribution in [0.25, 0.3) is 0 Å². The first-order valence-corrected chi connectivity index (χ1v) is 10.2. The third kappa shape index (κ3) is 6.78. The molecule has 34 heavy (non-hydrogen) atoms. The highest BCUT2D eigenvalue weighted by atomic mass is 19.4. The summed E-state index contributed by atoms with van der Waals surface area (Å²) in [5.74, 6) is -6.77. The monoisotopic (exact) mass is 518 g/mol. The number of alkyl halides is 9. The fourth-order valence-electron chi connectivity index (χ4n) is 3.98. The maximum atomic E-state index is 14.1. The van der Waals surface area contributed by atoms with Crippen LogP contribution >= 0.6 is 0 Å². The molecule has 0 spiro atoms. The number of hydrogen-bond donors (Lipinski definition) is 1. The number of aliphatic hydroxyl groups is 1. The lowest BCUT2D eigenvalue weighted by Crippen LogP contribution is -2.66. The summed E-state index contributed by atoms with van der Waals surface area (Å²) in [6.07, 6.45) is -22.9. The molecular formula is C20H27F9O5. The second-order valence-electron chi connectivity index (χ2n) is 8.63. The maximum Gasteiger partial charge on any atom is 0.437 e. The standard InChI is InChI=1S/C20H27F9O5/c1-6-32-11(3)33-14-8-12(16(4,5)31)7-13(9-14)17(19(24,25)26,20(27,28)29)34-15(30)10(2)18(21,22)23/h11-14,31H,2,6-9H2,1,3-5H3. The zero-order valence-corrected chi connectivity index (χ0v) is 18.8. The highest BCUT2D eigenvalue weighted by molar-refractivity contribution is 5.89. The van der Waals surface area contributed by atoms with Crippen molar-refractivity contribution in [3.63, 3.8) is 0 Å². The van der Waals surface area contributed by atoms with E-state index in [4.69, 9.17) is 9.47 Å². The lowest BCUT2D eigenvalue weighted by atomic mass is 9.66. The summed E-state index contributed by atoms with van der Waals surface area (Å²) in [6, 6.07) is 0. The van der Waals surface area contributed by atoms with E-state index in [1.54, 1.807) is 6.92 Å². The Kier molecular flexibility index (Phi) is 9.16. The molecule has 0 amide bonds. The summed E-state index contributed by atoms with van der Waals surface area (Å²) in [4.78, 5) is 11.8. The molecule has 1 aliphatic rings. The van der Waals surface area contributed by atoms with Crippen molar-refractivity contribution in [2.24, 2.45) is 11.8 Å². The molecule has 0 bridgehead atoms. The van der Waals surface area contributed by atoms with Crippen molar-refractivity contribution in [3.05, 3.63) is 12.2 Å². The van der Waals surface area contributed by atoms with E-state index in [0.717, 1.165) is 13.8 Å². The lowest BCUT2D eigenvalue weighted by Gasteiger charge is -2.48. The SMILES string of the molecule is C=C(C(=O)OC(C1CC(OC(C)OCC)CC(C(C)(C)O)C1)(C(F)(F)F)C(F)(F)F)C(F)(F)F. The van der Waals surface area contributed by atoms with Gasteiger partial charge in [-0.15, -0.1) is 0 Å². The Morgan fingerprint density at radius 1 is 0.971 bits per heavy atom. The molecule has 4 unspecified atom stereocenters. The van der Waals surface area contributed by atoms with Crippen LogP contribution in [0.15, 0.2) is 12.2 Å². The highest BCUT2D eigenvalue weighted by Crippen LogP contribution is 2.56. The van der Waals surface area contributed by atoms with Crippen molar-refractivity contribution in [1.82, 2.24) is 0 Å². The Labute approximate surface area is 190 Å². The van der Waals surface area contributed by atoms with Gasteiger partial charge in [-0.2, -0.15) is 39.5 Å². The average molecular weight is 518 g/mol. The Balaban J connectivity index is 3.61. The first kappa shape index (κ1) is 30.5. The van der Waals surface area contributed by atoms with Crippen LogP contribution < -0.4 is 0 Å². The van der Waals surface area contributed by atoms with E-state index in [9.17, 15) is 49.4 Å². The third-order valence-corrected chi connectivity index (χ3v) is 5.71. The van der Waals surface area contributed by atoms with E-state index < -0.39 is 78.3 Å². The van der Waals surface area contributed by atoms with E-state index in [1.807, 2.05) is 0 Å². The van der Waals surface area contributed by atoms with Crippen LogP contribution in [0.1, 0.15) is 47.0 Å². The van der Waals surface area contributed by atoms with Crippen molar-refractivity contribution in [2.75, 3.05) is 6.61 Å². The van der Waals surface area contributed by atoms with Crippen LogP contribution in [0.2, 0.25) is 0 Å². The van der Waals surface area contributed by atoms with Gasteiger partial charge in [-0.1, -0.05) is 6.58 Å². The van der Waals surface area contributed by atoms with Gasteiger partial charge in [0.1, 0.15) is 5.57 Å². The molecule has 0 saturated heterocycles. The molecule has 0 aromatic heterocycles. The summed E-state index contributed by atoms with van der Waals surface area (Å²) in [7, 11) is 0. The number of esters is 1. The summed E-state index contributed by atoms with van der Waals surface area (Å²) in [5.41, 5.74) is -9.64. The largest absolute Gasteiger partial charge is 0.437 e. The second-order valence-corrected chi connectivity index (χ2v) is 8.63. The molecule has 0 heterocycles. The van der Waals surface area contributed by atoms with E-state index in [0.29, 0.717) is 0 Å². The molecular weight excluding hydrogens is 491 g/mol. The molecule has 5 nitrogen and oxygen atoms in total. The fraction of sp³-hybridized carbons (Fsp3) is 0.850. The van der Waals surface area contributed by atoms with Crippen molar-refractivity contribution >= 4 is 5.97 Å². The molecule has 0 aromatic rings. The first-order valence-electron chi connectivity index (χ1n) is 10.2. The zero-order valence-electron chi connectivity index (χ0n) is 18.8. The number of carbonyl (C=O) groups is 1. The van der Waals surface area contributed by atoms with Gasteiger partial charge in [0, 0.05) is 12.5 Å². The molecule has 4 atom stereocenters. The predicted molar refractivity (Wildman–Crippen MR) is 99.2 cm³/mol. The first-order chi connectivity index (χ1) is 15.1. The maximum absolute atomic E-state index is 14.1. The summed E-state index contributed by atoms with van der Waals surface area (Å²) < 4.78 is 137. The minimum absolute atomic E-state index is 0.110. The molecule has 0 radical (unpaired) electrons. The van der Waals surface area contributed by atoms with Crippen LogP contribution in [0.4, 0.5) is 39.5 Å². The fourth-order valence-corrected chi connectivity index (χ4v) is 3.98. The van der Waals surface area contributed by atoms with Gasteiger partial charge in [0.05, 0.1) is 11.7 Å². The van der Waals surface area contributed by atoms with Gasteiger partial charge in [-0.05, 0) is 52.9 Å². The van der Waals surface area contributed by atoms with Gasteiger partial charge in [0.15, 0.2) is 6.29 Å². The molecule has 200 valence electrons. The van der Waals surface area contributed by atoms with Crippen molar-refractivity contribution < 1.29 is 63.6 Å². The second kappa shape index (κ2) is 10.2. The van der Waals surface area contributed by atoms with Crippen molar-refractivity contribution in [3.8, 4) is 0 Å². The summed E-state index contributed by atoms with van der Waals surface area (Å²) >= 11 is 0. The van der Waals surface area contributed by atoms with E-state index in [2.05, 4.69) is 11.3 Å². The number of ether oxygens (including phenoxy) is 3. The van der Waals surface area contributed by atoms with Gasteiger partial charge >= 0.3 is 30.1 Å². The van der Waals surface area contributed by atoms with Crippen molar-refractivity contribution in [2.45, 2.75) is 89.1 Å². The number of rotatable bonds is 8. The smallest absolute Gasteiger partial charge is 0.436 e. The van der Waals surface area contributed by atoms with Gasteiger partial charge in [0.2, 0.25) is 0 Å². The average Bonchev–Trinajstić information content (AvgIpc) is 2.61. The summed E-state index contributed by atoms with van der Waals surface area (Å²) in [6.45, 7) is 7.57. The molecule has 1 N–H and O–H groups in total. The Bertz CT molecular complexity index is 708. The van der Waals surface area contributed by atoms with Crippen molar-refractivity contribution in [1.29, 1.82) is 0 Å². The quantitative estimate of drug-likeness (QED) is 0.200. The Morgan fingerprint density at radius 3 is 1.82 bits per heavy atom. The van der Waals surface area contributed by atoms with Crippen LogP contribution in [-0.2, 0) is 19.0 Å². The molecule has 0 aromatic carbocycles. The Morgan fingerprint density at radius 2 is 1.44 bits per heavy atom. The topological polar surface area (TPSA) is 65.0 Å². The Hall–Kier alpha value is -1.54. The van der Waals surface area contributed by atoms with Gasteiger partial charge < -0.3 is 19.3 Å². The van der Waals surface area contributed by atoms with Crippen LogP contribution in [0.3, 0.4) is 0 Å². The molecule has 1 rings (SSSR count). The normalized spacial score (nSPS) is 24.0. The lowest BCUT2D eigenvalue weighted by molar-refractivity contribution is -0.391. The van der Waals surface area contributed by atoms with Gasteiger partial charge in [0.25, 0.3) is 0 Å². The zero-order chi connectivity index (χ0) is 26.9. The minimum atomic E-state index is -6.37. The van der Waals surface area contributed by atoms with Crippen LogP contribution in [-0.4, -0.2) is 59.8 Å².